The second kappa shape index (κ2) is 4.52. The Kier molecular flexibility index (Phi) is 2.91. The van der Waals surface area contributed by atoms with Gasteiger partial charge in [-0.1, -0.05) is 6.07 Å². The maximum Gasteiger partial charge on any atom is 0.254 e. The van der Waals surface area contributed by atoms with Gasteiger partial charge in [-0.05, 0) is 24.3 Å². The molecule has 0 aliphatic heterocycles. The van der Waals surface area contributed by atoms with Gasteiger partial charge in [-0.25, -0.2) is 4.98 Å². The first-order valence-electron chi connectivity index (χ1n) is 4.88. The summed E-state index contributed by atoms with van der Waals surface area (Å²) in [5, 5.41) is 9.28. The van der Waals surface area contributed by atoms with Crippen molar-refractivity contribution >= 4 is 5.91 Å². The van der Waals surface area contributed by atoms with Crippen LogP contribution in [-0.4, -0.2) is 16.0 Å². The van der Waals surface area contributed by atoms with Gasteiger partial charge >= 0.3 is 0 Å². The lowest BCUT2D eigenvalue weighted by atomic mass is 10.2. The van der Waals surface area contributed by atoms with Crippen molar-refractivity contribution in [3.8, 4) is 17.4 Å². The highest BCUT2D eigenvalue weighted by Crippen LogP contribution is 2.25. The van der Waals surface area contributed by atoms with Gasteiger partial charge in [-0.3, -0.25) is 4.79 Å². The fourth-order valence-electron chi connectivity index (χ4n) is 1.32. The lowest BCUT2D eigenvalue weighted by molar-refractivity contribution is 0.0997. The predicted octanol–water partition coefficient (Wildman–Crippen LogP) is 1.68. The molecule has 0 saturated heterocycles. The third-order valence-electron chi connectivity index (χ3n) is 2.07. The summed E-state index contributed by atoms with van der Waals surface area (Å²) in [4.78, 5) is 15.1. The molecule has 0 bridgehead atoms. The third kappa shape index (κ3) is 2.52. The molecule has 1 heterocycles. The van der Waals surface area contributed by atoms with Crippen molar-refractivity contribution in [2.24, 2.45) is 5.73 Å². The van der Waals surface area contributed by atoms with Gasteiger partial charge in [-0.15, -0.1) is 0 Å². The number of carbonyl (C=O) groups is 1. The van der Waals surface area contributed by atoms with Crippen LogP contribution in [-0.2, 0) is 0 Å². The molecule has 0 spiro atoms. The Morgan fingerprint density at radius 1 is 1.29 bits per heavy atom. The number of pyridine rings is 1. The molecule has 1 aromatic heterocycles. The average molecular weight is 230 g/mol. The summed E-state index contributed by atoms with van der Waals surface area (Å²) in [6.07, 6.45) is 1.49. The largest absolute Gasteiger partial charge is 0.508 e. The highest BCUT2D eigenvalue weighted by Gasteiger charge is 2.10. The number of rotatable bonds is 3. The Bertz CT molecular complexity index is 555. The summed E-state index contributed by atoms with van der Waals surface area (Å²) >= 11 is 0. The van der Waals surface area contributed by atoms with Crippen molar-refractivity contribution < 1.29 is 14.6 Å². The number of nitrogens with zero attached hydrogens (tertiary/aromatic N) is 1. The van der Waals surface area contributed by atoms with Gasteiger partial charge in [0.2, 0.25) is 5.88 Å². The summed E-state index contributed by atoms with van der Waals surface area (Å²) in [6, 6.07) is 9.30. The normalized spacial score (nSPS) is 9.88. The molecule has 0 unspecified atom stereocenters. The first-order valence-corrected chi connectivity index (χ1v) is 4.88. The van der Waals surface area contributed by atoms with E-state index in [2.05, 4.69) is 4.98 Å². The molecule has 1 aromatic carbocycles. The Morgan fingerprint density at radius 3 is 2.82 bits per heavy atom. The molecule has 5 heteroatoms. The van der Waals surface area contributed by atoms with Gasteiger partial charge in [0.25, 0.3) is 5.91 Å². The van der Waals surface area contributed by atoms with Crippen LogP contribution in [0.2, 0.25) is 0 Å². The van der Waals surface area contributed by atoms with Crippen molar-refractivity contribution in [1.29, 1.82) is 0 Å². The molecule has 0 radical (unpaired) electrons. The van der Waals surface area contributed by atoms with E-state index in [0.29, 0.717) is 5.75 Å². The van der Waals surface area contributed by atoms with Crippen LogP contribution in [0.3, 0.4) is 0 Å². The van der Waals surface area contributed by atoms with Crippen molar-refractivity contribution in [3.05, 3.63) is 48.2 Å². The van der Waals surface area contributed by atoms with E-state index in [4.69, 9.17) is 10.5 Å². The van der Waals surface area contributed by atoms with Crippen LogP contribution in [0.5, 0.6) is 17.4 Å². The molecule has 86 valence electrons. The standard InChI is InChI=1S/C12H10N2O3/c13-11(16)10-5-2-6-14-12(10)17-9-4-1-3-8(15)7-9/h1-7,15H,(H2,13,16). The van der Waals surface area contributed by atoms with Gasteiger partial charge in [0.15, 0.2) is 0 Å². The number of phenolic OH excluding ortho intramolecular Hbond substituents is 1. The van der Waals surface area contributed by atoms with E-state index in [1.165, 1.54) is 24.4 Å². The number of phenols is 1. The number of ether oxygens (including phenoxy) is 1. The minimum absolute atomic E-state index is 0.0686. The lowest BCUT2D eigenvalue weighted by Gasteiger charge is -2.07. The number of primary amides is 1. The van der Waals surface area contributed by atoms with Crippen LogP contribution in [0.1, 0.15) is 10.4 Å². The van der Waals surface area contributed by atoms with Crippen molar-refractivity contribution in [1.82, 2.24) is 4.98 Å². The van der Waals surface area contributed by atoms with E-state index in [9.17, 15) is 9.90 Å². The molecular formula is C12H10N2O3. The van der Waals surface area contributed by atoms with Crippen molar-refractivity contribution in [3.63, 3.8) is 0 Å². The highest BCUT2D eigenvalue weighted by molar-refractivity contribution is 5.95. The van der Waals surface area contributed by atoms with Crippen molar-refractivity contribution in [2.75, 3.05) is 0 Å². The molecular weight excluding hydrogens is 220 g/mol. The maximum atomic E-state index is 11.1. The smallest absolute Gasteiger partial charge is 0.254 e. The number of hydrogen-bond acceptors (Lipinski definition) is 4. The first kappa shape index (κ1) is 10.9. The second-order valence-corrected chi connectivity index (χ2v) is 3.32. The monoisotopic (exact) mass is 230 g/mol. The van der Waals surface area contributed by atoms with E-state index in [-0.39, 0.29) is 17.2 Å². The summed E-state index contributed by atoms with van der Waals surface area (Å²) in [5.74, 6) is -0.0518. The average Bonchev–Trinajstić information content (AvgIpc) is 2.29. The van der Waals surface area contributed by atoms with Crippen LogP contribution >= 0.6 is 0 Å². The molecule has 2 aromatic rings. The molecule has 2 rings (SSSR count). The van der Waals surface area contributed by atoms with Gasteiger partial charge in [-0.2, -0.15) is 0 Å². The zero-order valence-corrected chi connectivity index (χ0v) is 8.83. The van der Waals surface area contributed by atoms with Gasteiger partial charge in [0, 0.05) is 12.3 Å². The van der Waals surface area contributed by atoms with Gasteiger partial charge in [0.1, 0.15) is 17.1 Å². The van der Waals surface area contributed by atoms with E-state index < -0.39 is 5.91 Å². The summed E-state index contributed by atoms with van der Waals surface area (Å²) < 4.78 is 5.38. The lowest BCUT2D eigenvalue weighted by Crippen LogP contribution is -2.12. The molecule has 0 aliphatic carbocycles. The molecule has 0 atom stereocenters. The highest BCUT2D eigenvalue weighted by atomic mass is 16.5. The van der Waals surface area contributed by atoms with Gasteiger partial charge < -0.3 is 15.6 Å². The Morgan fingerprint density at radius 2 is 2.12 bits per heavy atom. The second-order valence-electron chi connectivity index (χ2n) is 3.32. The number of amides is 1. The Balaban J connectivity index is 2.33. The minimum atomic E-state index is -0.617. The topological polar surface area (TPSA) is 85.4 Å². The third-order valence-corrected chi connectivity index (χ3v) is 2.07. The molecule has 0 fully saturated rings. The fourth-order valence-corrected chi connectivity index (χ4v) is 1.32. The quantitative estimate of drug-likeness (QED) is 0.839. The fraction of sp³-hybridized carbons (Fsp3) is 0. The number of aromatic hydroxyl groups is 1. The van der Waals surface area contributed by atoms with Gasteiger partial charge in [0.05, 0.1) is 0 Å². The van der Waals surface area contributed by atoms with Crippen LogP contribution < -0.4 is 10.5 Å². The van der Waals surface area contributed by atoms with Crippen LogP contribution in [0.25, 0.3) is 0 Å². The van der Waals surface area contributed by atoms with Crippen LogP contribution in [0.15, 0.2) is 42.6 Å². The number of aromatic nitrogens is 1. The zero-order chi connectivity index (χ0) is 12.3. The Labute approximate surface area is 97.5 Å². The van der Waals surface area contributed by atoms with Crippen LogP contribution in [0.4, 0.5) is 0 Å². The minimum Gasteiger partial charge on any atom is -0.508 e. The molecule has 1 amide bonds. The summed E-state index contributed by atoms with van der Waals surface area (Å²) in [7, 11) is 0. The van der Waals surface area contributed by atoms with Crippen molar-refractivity contribution in [2.45, 2.75) is 0 Å². The molecule has 17 heavy (non-hydrogen) atoms. The van der Waals surface area contributed by atoms with E-state index in [0.717, 1.165) is 0 Å². The molecule has 3 N–H and O–H groups in total. The first-order chi connectivity index (χ1) is 8.16. The molecule has 5 nitrogen and oxygen atoms in total. The number of carbonyl (C=O) groups excluding carboxylic acids is 1. The SMILES string of the molecule is NC(=O)c1cccnc1Oc1cccc(O)c1. The summed E-state index contributed by atoms with van der Waals surface area (Å²) in [5.41, 5.74) is 5.38. The predicted molar refractivity (Wildman–Crippen MR) is 60.9 cm³/mol. The van der Waals surface area contributed by atoms with E-state index >= 15 is 0 Å². The number of hydrogen-bond donors (Lipinski definition) is 2. The Hall–Kier alpha value is -2.56. The summed E-state index contributed by atoms with van der Waals surface area (Å²) in [6.45, 7) is 0. The number of benzene rings is 1. The number of nitrogens with two attached hydrogens (primary N) is 1. The van der Waals surface area contributed by atoms with E-state index in [1.807, 2.05) is 0 Å². The maximum absolute atomic E-state index is 11.1. The molecule has 0 aliphatic rings. The zero-order valence-electron chi connectivity index (χ0n) is 8.83. The van der Waals surface area contributed by atoms with Crippen LogP contribution in [0, 0.1) is 0 Å². The molecule has 0 saturated carbocycles. The van der Waals surface area contributed by atoms with E-state index in [1.54, 1.807) is 18.2 Å².